The van der Waals surface area contributed by atoms with Gasteiger partial charge in [0.15, 0.2) is 0 Å². The first kappa shape index (κ1) is 11.0. The number of nitrogens with zero attached hydrogens (tertiary/aromatic N) is 1. The summed E-state index contributed by atoms with van der Waals surface area (Å²) in [5.74, 6) is 0. The average Bonchev–Trinajstić information content (AvgIpc) is 1.76. The first-order valence-corrected chi connectivity index (χ1v) is 2.26. The predicted octanol–water partition coefficient (Wildman–Crippen LogP) is -4.85. The van der Waals surface area contributed by atoms with Crippen molar-refractivity contribution in [1.29, 1.82) is 0 Å². The number of halogens is 1. The van der Waals surface area contributed by atoms with Crippen LogP contribution in [0.5, 0.6) is 0 Å². The largest absolute Gasteiger partial charge is 1.00 e. The molecule has 0 unspecified atom stereocenters. The molecule has 0 fully saturated rings. The smallest absolute Gasteiger partial charge is 1.00 e. The van der Waals surface area contributed by atoms with Crippen LogP contribution < -0.4 is 46.5 Å². The van der Waals surface area contributed by atoms with E-state index in [0.29, 0.717) is 0 Å². The van der Waals surface area contributed by atoms with E-state index in [1.807, 2.05) is 5.38 Å². The minimum Gasteiger partial charge on any atom is -1.00 e. The second-order valence-electron chi connectivity index (χ2n) is 0.676. The molecule has 34 valence electrons. The summed E-state index contributed by atoms with van der Waals surface area (Å²) in [6.45, 7) is 0. The van der Waals surface area contributed by atoms with Gasteiger partial charge in [0.2, 0.25) is 0 Å². The molecule has 0 atom stereocenters. The van der Waals surface area contributed by atoms with Crippen molar-refractivity contribution in [2.75, 3.05) is 0 Å². The number of hydrogen-bond acceptors (Lipinski definition) is 2. The number of hydrogen-bond donors (Lipinski definition) is 0. The summed E-state index contributed by atoms with van der Waals surface area (Å²) in [4.78, 5) is 3.74. The van der Waals surface area contributed by atoms with Crippen LogP contribution in [-0.4, -0.2) is 4.98 Å². The van der Waals surface area contributed by atoms with Crippen molar-refractivity contribution in [3.63, 3.8) is 0 Å². The Bertz CT molecular complexity index is 71.4. The first-order valence-electron chi connectivity index (χ1n) is 1.32. The molecule has 0 N–H and O–H groups in total. The van der Waals surface area contributed by atoms with Gasteiger partial charge in [0.1, 0.15) is 0 Å². The zero-order valence-electron chi connectivity index (χ0n) is 3.97. The molecule has 1 aromatic rings. The van der Waals surface area contributed by atoms with E-state index < -0.39 is 0 Å². The van der Waals surface area contributed by atoms with Gasteiger partial charge >= 0.3 is 29.6 Å². The van der Waals surface area contributed by atoms with Gasteiger partial charge in [-0.15, -0.1) is 11.3 Å². The van der Waals surface area contributed by atoms with Gasteiger partial charge in [-0.1, -0.05) is 0 Å². The molecular weight excluding hydrogens is 185 g/mol. The van der Waals surface area contributed by atoms with Crippen LogP contribution in [0.3, 0.4) is 0 Å². The van der Waals surface area contributed by atoms with Crippen molar-refractivity contribution in [3.8, 4) is 0 Å². The Morgan fingerprint density at radius 1 is 1.43 bits per heavy atom. The average molecular weight is 188 g/mol. The zero-order chi connectivity index (χ0) is 3.54. The van der Waals surface area contributed by atoms with Crippen LogP contribution in [0.25, 0.3) is 0 Å². The molecule has 0 radical (unpaired) electrons. The summed E-state index contributed by atoms with van der Waals surface area (Å²) in [5, 5.41) is 1.93. The fourth-order valence-corrected chi connectivity index (χ4v) is 0.527. The summed E-state index contributed by atoms with van der Waals surface area (Å²) in [7, 11) is 0. The van der Waals surface area contributed by atoms with E-state index in [4.69, 9.17) is 0 Å². The molecule has 0 aromatic carbocycles. The minimum absolute atomic E-state index is 0. The Hall–Kier alpha value is 1.11. The molecule has 1 aromatic heterocycles. The SMILES string of the molecule is [Br-].[Na+].c1cscn1. The van der Waals surface area contributed by atoms with Crippen LogP contribution in [0.15, 0.2) is 17.1 Å². The van der Waals surface area contributed by atoms with Gasteiger partial charge in [-0.25, -0.2) is 0 Å². The van der Waals surface area contributed by atoms with E-state index >= 15 is 0 Å². The van der Waals surface area contributed by atoms with E-state index in [-0.39, 0.29) is 46.5 Å². The van der Waals surface area contributed by atoms with Crippen LogP contribution >= 0.6 is 11.3 Å². The van der Waals surface area contributed by atoms with Crippen molar-refractivity contribution in [2.24, 2.45) is 0 Å². The number of thiazole rings is 1. The normalized spacial score (nSPS) is 5.71. The van der Waals surface area contributed by atoms with Crippen LogP contribution in [0.4, 0.5) is 0 Å². The third-order valence-electron chi connectivity index (χ3n) is 0.347. The van der Waals surface area contributed by atoms with Crippen LogP contribution in [0.1, 0.15) is 0 Å². The van der Waals surface area contributed by atoms with Crippen LogP contribution in [-0.2, 0) is 0 Å². The van der Waals surface area contributed by atoms with Crippen molar-refractivity contribution < 1.29 is 46.5 Å². The molecule has 0 bridgehead atoms. The van der Waals surface area contributed by atoms with Gasteiger partial charge in [0, 0.05) is 11.6 Å². The molecule has 0 saturated carbocycles. The molecule has 4 heteroatoms. The summed E-state index contributed by atoms with van der Waals surface area (Å²) in [6.07, 6.45) is 1.77. The van der Waals surface area contributed by atoms with Gasteiger partial charge in [-0.3, -0.25) is 4.98 Å². The Morgan fingerprint density at radius 2 is 2.14 bits per heavy atom. The van der Waals surface area contributed by atoms with Gasteiger partial charge in [0.05, 0.1) is 5.51 Å². The third kappa shape index (κ3) is 4.97. The minimum atomic E-state index is 0. The zero-order valence-corrected chi connectivity index (χ0v) is 8.37. The fraction of sp³-hybridized carbons (Fsp3) is 0. The van der Waals surface area contributed by atoms with Gasteiger partial charge in [-0.05, 0) is 0 Å². The maximum absolute atomic E-state index is 3.74. The first-order chi connectivity index (χ1) is 2.50. The molecule has 7 heavy (non-hydrogen) atoms. The Kier molecular flexibility index (Phi) is 11.2. The molecule has 0 aliphatic rings. The molecule has 1 rings (SSSR count). The standard InChI is InChI=1S/C3H3NS.BrH.Na/c1-2-5-3-4-1;;/h1-3H;1H;/q;;+1/p-1. The Labute approximate surface area is 79.2 Å². The third-order valence-corrected chi connectivity index (χ3v) is 0.869. The Balaban J connectivity index is 0. The summed E-state index contributed by atoms with van der Waals surface area (Å²) in [6, 6.07) is 0. The van der Waals surface area contributed by atoms with Crippen LogP contribution in [0, 0.1) is 0 Å². The van der Waals surface area contributed by atoms with Crippen molar-refractivity contribution in [3.05, 3.63) is 17.1 Å². The monoisotopic (exact) mass is 187 g/mol. The Morgan fingerprint density at radius 3 is 2.29 bits per heavy atom. The molecule has 0 amide bonds. The topological polar surface area (TPSA) is 12.9 Å². The van der Waals surface area contributed by atoms with Crippen molar-refractivity contribution >= 4 is 11.3 Å². The van der Waals surface area contributed by atoms with Gasteiger partial charge < -0.3 is 17.0 Å². The maximum Gasteiger partial charge on any atom is 1.00 e. The molecule has 0 saturated heterocycles. The maximum atomic E-state index is 3.74. The number of aromatic nitrogens is 1. The molecular formula is C3H3BrNNaS. The quantitative estimate of drug-likeness (QED) is 0.372. The van der Waals surface area contributed by atoms with Crippen LogP contribution in [0.2, 0.25) is 0 Å². The molecule has 0 aliphatic carbocycles. The molecule has 1 nitrogen and oxygen atoms in total. The van der Waals surface area contributed by atoms with Gasteiger partial charge in [-0.2, -0.15) is 0 Å². The summed E-state index contributed by atoms with van der Waals surface area (Å²) >= 11 is 1.60. The van der Waals surface area contributed by atoms with E-state index in [0.717, 1.165) is 0 Å². The second-order valence-corrected chi connectivity index (χ2v) is 1.43. The van der Waals surface area contributed by atoms with E-state index in [1.165, 1.54) is 0 Å². The number of rotatable bonds is 0. The summed E-state index contributed by atoms with van der Waals surface area (Å²) in [5.41, 5.74) is 1.79. The van der Waals surface area contributed by atoms with Crippen molar-refractivity contribution in [1.82, 2.24) is 4.98 Å². The summed E-state index contributed by atoms with van der Waals surface area (Å²) < 4.78 is 0. The molecule has 1 heterocycles. The van der Waals surface area contributed by atoms with E-state index in [1.54, 1.807) is 23.0 Å². The van der Waals surface area contributed by atoms with Gasteiger partial charge in [0.25, 0.3) is 0 Å². The predicted molar refractivity (Wildman–Crippen MR) is 22.1 cm³/mol. The fourth-order valence-electron chi connectivity index (χ4n) is 0.176. The van der Waals surface area contributed by atoms with E-state index in [9.17, 15) is 0 Å². The molecule has 0 spiro atoms. The molecule has 0 aliphatic heterocycles. The van der Waals surface area contributed by atoms with E-state index in [2.05, 4.69) is 4.98 Å². The van der Waals surface area contributed by atoms with Crippen molar-refractivity contribution in [2.45, 2.75) is 0 Å². The second kappa shape index (κ2) is 7.11.